The van der Waals surface area contributed by atoms with Crippen molar-refractivity contribution in [1.29, 1.82) is 0 Å². The molecule has 6 heteroatoms. The van der Waals surface area contributed by atoms with Crippen molar-refractivity contribution in [2.45, 2.75) is 26.1 Å². The summed E-state index contributed by atoms with van der Waals surface area (Å²) in [5.74, 6) is 1.90. The smallest absolute Gasteiger partial charge is 0.147 e. The van der Waals surface area contributed by atoms with E-state index in [-0.39, 0.29) is 6.04 Å². The van der Waals surface area contributed by atoms with E-state index in [9.17, 15) is 0 Å². The standard InChI is InChI=1S/C15H21N5O/c1-2-21-13-5-3-12(4-6-13)14(16)9-19-7-8-20-11-17-18-15(20)10-19/h3-6,11,14H,2,7-10,16H2,1H3. The molecule has 0 aliphatic carbocycles. The minimum atomic E-state index is -0.00449. The van der Waals surface area contributed by atoms with Gasteiger partial charge in [-0.05, 0) is 24.6 Å². The molecule has 1 aliphatic heterocycles. The summed E-state index contributed by atoms with van der Waals surface area (Å²) in [4.78, 5) is 2.32. The molecular formula is C15H21N5O. The number of hydrogen-bond donors (Lipinski definition) is 1. The quantitative estimate of drug-likeness (QED) is 0.894. The van der Waals surface area contributed by atoms with Gasteiger partial charge >= 0.3 is 0 Å². The Morgan fingerprint density at radius 3 is 2.86 bits per heavy atom. The first kappa shape index (κ1) is 14.0. The monoisotopic (exact) mass is 287 g/mol. The number of rotatable bonds is 5. The summed E-state index contributed by atoms with van der Waals surface area (Å²) in [5.41, 5.74) is 7.45. The number of hydrogen-bond acceptors (Lipinski definition) is 5. The van der Waals surface area contributed by atoms with Crippen molar-refractivity contribution in [3.05, 3.63) is 42.0 Å². The Morgan fingerprint density at radius 1 is 1.29 bits per heavy atom. The van der Waals surface area contributed by atoms with E-state index in [0.29, 0.717) is 6.61 Å². The molecule has 0 saturated heterocycles. The van der Waals surface area contributed by atoms with Gasteiger partial charge in [0.15, 0.2) is 0 Å². The van der Waals surface area contributed by atoms with Gasteiger partial charge in [0.1, 0.15) is 17.9 Å². The molecule has 1 atom stereocenters. The fraction of sp³-hybridized carbons (Fsp3) is 0.467. The SMILES string of the molecule is CCOc1ccc(C(N)CN2CCn3cnnc3C2)cc1. The van der Waals surface area contributed by atoms with E-state index < -0.39 is 0 Å². The van der Waals surface area contributed by atoms with E-state index in [2.05, 4.69) is 19.7 Å². The molecule has 0 bridgehead atoms. The Hall–Kier alpha value is -1.92. The van der Waals surface area contributed by atoms with Crippen molar-refractivity contribution < 1.29 is 4.74 Å². The zero-order valence-electron chi connectivity index (χ0n) is 12.3. The Labute approximate surface area is 124 Å². The van der Waals surface area contributed by atoms with E-state index in [1.54, 1.807) is 6.33 Å². The van der Waals surface area contributed by atoms with Gasteiger partial charge in [0.2, 0.25) is 0 Å². The van der Waals surface area contributed by atoms with Gasteiger partial charge in [0.25, 0.3) is 0 Å². The molecule has 112 valence electrons. The van der Waals surface area contributed by atoms with Crippen LogP contribution in [-0.2, 0) is 13.1 Å². The first-order chi connectivity index (χ1) is 10.3. The molecule has 0 amide bonds. The zero-order valence-corrected chi connectivity index (χ0v) is 12.3. The normalized spacial score (nSPS) is 16.5. The number of fused-ring (bicyclic) bond motifs is 1. The molecule has 3 rings (SSSR count). The average molecular weight is 287 g/mol. The van der Waals surface area contributed by atoms with Crippen molar-refractivity contribution >= 4 is 0 Å². The minimum Gasteiger partial charge on any atom is -0.494 e. The first-order valence-electron chi connectivity index (χ1n) is 7.33. The number of nitrogens with two attached hydrogens (primary N) is 1. The summed E-state index contributed by atoms with van der Waals surface area (Å²) in [6.45, 7) is 6.20. The summed E-state index contributed by atoms with van der Waals surface area (Å²) >= 11 is 0. The van der Waals surface area contributed by atoms with Crippen LogP contribution in [-0.4, -0.2) is 39.4 Å². The predicted molar refractivity (Wildman–Crippen MR) is 79.8 cm³/mol. The average Bonchev–Trinajstić information content (AvgIpc) is 2.96. The van der Waals surface area contributed by atoms with Gasteiger partial charge in [-0.1, -0.05) is 12.1 Å². The van der Waals surface area contributed by atoms with Crippen molar-refractivity contribution in [1.82, 2.24) is 19.7 Å². The van der Waals surface area contributed by atoms with Crippen LogP contribution in [0.2, 0.25) is 0 Å². The molecule has 0 spiro atoms. The molecule has 2 heterocycles. The van der Waals surface area contributed by atoms with Gasteiger partial charge < -0.3 is 15.0 Å². The van der Waals surface area contributed by atoms with E-state index in [4.69, 9.17) is 10.5 Å². The largest absolute Gasteiger partial charge is 0.494 e. The van der Waals surface area contributed by atoms with E-state index >= 15 is 0 Å². The highest BCUT2D eigenvalue weighted by Gasteiger charge is 2.19. The maximum absolute atomic E-state index is 6.32. The van der Waals surface area contributed by atoms with Crippen molar-refractivity contribution in [2.24, 2.45) is 5.73 Å². The second-order valence-electron chi connectivity index (χ2n) is 5.28. The third-order valence-corrected chi connectivity index (χ3v) is 3.79. The van der Waals surface area contributed by atoms with Crippen LogP contribution in [0.3, 0.4) is 0 Å². The predicted octanol–water partition coefficient (Wildman–Crippen LogP) is 1.19. The lowest BCUT2D eigenvalue weighted by Crippen LogP contribution is -2.38. The number of nitrogens with zero attached hydrogens (tertiary/aromatic N) is 4. The molecule has 2 aromatic rings. The van der Waals surface area contributed by atoms with Gasteiger partial charge in [-0.3, -0.25) is 4.90 Å². The minimum absolute atomic E-state index is 0.00449. The van der Waals surface area contributed by atoms with Crippen LogP contribution in [0.15, 0.2) is 30.6 Å². The number of ether oxygens (including phenoxy) is 1. The number of benzene rings is 1. The molecule has 1 aromatic carbocycles. The van der Waals surface area contributed by atoms with Crippen molar-refractivity contribution in [3.8, 4) is 5.75 Å². The van der Waals surface area contributed by atoms with Crippen LogP contribution in [0.1, 0.15) is 24.4 Å². The molecule has 1 aromatic heterocycles. The van der Waals surface area contributed by atoms with Crippen LogP contribution in [0.4, 0.5) is 0 Å². The zero-order chi connectivity index (χ0) is 14.7. The molecule has 6 nitrogen and oxygen atoms in total. The third-order valence-electron chi connectivity index (χ3n) is 3.79. The van der Waals surface area contributed by atoms with E-state index in [0.717, 1.165) is 43.3 Å². The Kier molecular flexibility index (Phi) is 4.17. The molecular weight excluding hydrogens is 266 g/mol. The summed E-state index contributed by atoms with van der Waals surface area (Å²) in [6, 6.07) is 8.04. The Balaban J connectivity index is 1.60. The third kappa shape index (κ3) is 3.22. The highest BCUT2D eigenvalue weighted by Crippen LogP contribution is 2.19. The van der Waals surface area contributed by atoms with Gasteiger partial charge in [0.05, 0.1) is 13.2 Å². The van der Waals surface area contributed by atoms with Crippen LogP contribution in [0.5, 0.6) is 5.75 Å². The van der Waals surface area contributed by atoms with Crippen LogP contribution >= 0.6 is 0 Å². The van der Waals surface area contributed by atoms with E-state index in [1.807, 2.05) is 31.2 Å². The summed E-state index contributed by atoms with van der Waals surface area (Å²) in [7, 11) is 0. The fourth-order valence-corrected chi connectivity index (χ4v) is 2.63. The van der Waals surface area contributed by atoms with Crippen molar-refractivity contribution in [3.63, 3.8) is 0 Å². The highest BCUT2D eigenvalue weighted by atomic mass is 16.5. The molecule has 21 heavy (non-hydrogen) atoms. The Bertz CT molecular complexity index is 580. The maximum Gasteiger partial charge on any atom is 0.147 e. The second kappa shape index (κ2) is 6.24. The summed E-state index contributed by atoms with van der Waals surface area (Å²) < 4.78 is 7.55. The van der Waals surface area contributed by atoms with Gasteiger partial charge in [-0.15, -0.1) is 10.2 Å². The lowest BCUT2D eigenvalue weighted by molar-refractivity contribution is 0.205. The second-order valence-corrected chi connectivity index (χ2v) is 5.28. The van der Waals surface area contributed by atoms with Crippen LogP contribution in [0, 0.1) is 0 Å². The van der Waals surface area contributed by atoms with Crippen molar-refractivity contribution in [2.75, 3.05) is 19.7 Å². The molecule has 2 N–H and O–H groups in total. The van der Waals surface area contributed by atoms with Gasteiger partial charge in [-0.25, -0.2) is 0 Å². The van der Waals surface area contributed by atoms with Gasteiger partial charge in [-0.2, -0.15) is 0 Å². The van der Waals surface area contributed by atoms with E-state index in [1.165, 1.54) is 0 Å². The molecule has 0 radical (unpaired) electrons. The summed E-state index contributed by atoms with van der Waals surface area (Å²) in [6.07, 6.45) is 1.79. The van der Waals surface area contributed by atoms with Crippen LogP contribution in [0.25, 0.3) is 0 Å². The first-order valence-corrected chi connectivity index (χ1v) is 7.33. The number of aromatic nitrogens is 3. The molecule has 1 aliphatic rings. The summed E-state index contributed by atoms with van der Waals surface area (Å²) in [5, 5.41) is 8.08. The Morgan fingerprint density at radius 2 is 2.10 bits per heavy atom. The lowest BCUT2D eigenvalue weighted by atomic mass is 10.1. The van der Waals surface area contributed by atoms with Crippen LogP contribution < -0.4 is 10.5 Å². The molecule has 0 saturated carbocycles. The molecule has 1 unspecified atom stereocenters. The highest BCUT2D eigenvalue weighted by molar-refractivity contribution is 5.29. The molecule has 0 fully saturated rings. The maximum atomic E-state index is 6.32. The topological polar surface area (TPSA) is 69.2 Å². The van der Waals surface area contributed by atoms with Gasteiger partial charge in [0, 0.05) is 25.7 Å². The fourth-order valence-electron chi connectivity index (χ4n) is 2.63. The lowest BCUT2D eigenvalue weighted by Gasteiger charge is -2.29.